The van der Waals surface area contributed by atoms with Crippen molar-refractivity contribution in [2.45, 2.75) is 26.1 Å². The Kier molecular flexibility index (Phi) is 5.40. The van der Waals surface area contributed by atoms with E-state index >= 15 is 0 Å². The van der Waals surface area contributed by atoms with Gasteiger partial charge in [-0.3, -0.25) is 4.98 Å². The first kappa shape index (κ1) is 20.5. The van der Waals surface area contributed by atoms with E-state index in [1.165, 1.54) is 25.5 Å². The lowest BCUT2D eigenvalue weighted by Gasteiger charge is -2.21. The van der Waals surface area contributed by atoms with Crippen LogP contribution >= 0.6 is 0 Å². The number of benzene rings is 1. The number of hydrogen-bond acceptors (Lipinski definition) is 5. The summed E-state index contributed by atoms with van der Waals surface area (Å²) in [4.78, 5) is 15.9. The minimum absolute atomic E-state index is 0.0399. The van der Waals surface area contributed by atoms with Crippen molar-refractivity contribution in [2.24, 2.45) is 0 Å². The lowest BCUT2D eigenvalue weighted by Crippen LogP contribution is -2.33. The zero-order valence-electron chi connectivity index (χ0n) is 15.0. The average Bonchev–Trinajstić information content (AvgIpc) is 2.62. The third-order valence-electron chi connectivity index (χ3n) is 3.98. The third-order valence-corrected chi connectivity index (χ3v) is 3.98. The maximum Gasteiger partial charge on any atom is 0.408 e. The average molecular weight is 413 g/mol. The number of anilines is 1. The predicted molar refractivity (Wildman–Crippen MR) is 92.2 cm³/mol. The fraction of sp³-hybridized carbons (Fsp3) is 0.222. The Labute approximate surface area is 160 Å². The molecule has 1 N–H and O–H groups in total. The van der Waals surface area contributed by atoms with Gasteiger partial charge >= 0.3 is 6.18 Å². The lowest BCUT2D eigenvalue weighted by molar-refractivity contribution is -0.138. The number of nitrogens with zero attached hydrogens (tertiary/aromatic N) is 4. The van der Waals surface area contributed by atoms with Gasteiger partial charge in [0.25, 0.3) is 0 Å². The summed E-state index contributed by atoms with van der Waals surface area (Å²) in [5.74, 6) is -4.35. The van der Waals surface area contributed by atoms with Crippen molar-refractivity contribution in [3.05, 3.63) is 53.9 Å². The van der Waals surface area contributed by atoms with Gasteiger partial charge in [0.15, 0.2) is 5.82 Å². The number of rotatable bonds is 4. The molecule has 0 spiro atoms. The summed E-state index contributed by atoms with van der Waals surface area (Å²) >= 11 is 0. The molecule has 0 unspecified atom stereocenters. The van der Waals surface area contributed by atoms with Crippen molar-refractivity contribution in [3.63, 3.8) is 0 Å². The Hall–Kier alpha value is -3.24. The number of aromatic nitrogens is 4. The van der Waals surface area contributed by atoms with Crippen molar-refractivity contribution < 1.29 is 26.3 Å². The first-order valence-corrected chi connectivity index (χ1v) is 8.21. The molecule has 3 rings (SSSR count). The van der Waals surface area contributed by atoms with E-state index < -0.39 is 41.1 Å². The van der Waals surface area contributed by atoms with E-state index in [1.54, 1.807) is 0 Å². The first-order valence-electron chi connectivity index (χ1n) is 8.21. The smallest absolute Gasteiger partial charge is 0.358 e. The van der Waals surface area contributed by atoms with Crippen molar-refractivity contribution in [2.75, 3.05) is 5.32 Å². The topological polar surface area (TPSA) is 63.6 Å². The van der Waals surface area contributed by atoms with Crippen LogP contribution in [0.25, 0.3) is 22.6 Å². The summed E-state index contributed by atoms with van der Waals surface area (Å²) in [5.41, 5.74) is -0.998. The molecular formula is C18H13F6N5. The Morgan fingerprint density at radius 1 is 0.966 bits per heavy atom. The Balaban J connectivity index is 2.25. The number of alkyl halides is 3. The van der Waals surface area contributed by atoms with Gasteiger partial charge in [0, 0.05) is 24.5 Å². The second-order valence-corrected chi connectivity index (χ2v) is 6.10. The molecule has 0 radical (unpaired) electrons. The zero-order valence-corrected chi connectivity index (χ0v) is 15.0. The Bertz CT molecular complexity index is 1020. The van der Waals surface area contributed by atoms with Crippen LogP contribution in [0.3, 0.4) is 0 Å². The lowest BCUT2D eigenvalue weighted by atomic mass is 10.0. The molecule has 0 aliphatic heterocycles. The van der Waals surface area contributed by atoms with Crippen LogP contribution in [0.2, 0.25) is 0 Å². The Morgan fingerprint density at radius 3 is 2.17 bits per heavy atom. The van der Waals surface area contributed by atoms with Crippen LogP contribution in [-0.2, 0) is 0 Å². The monoisotopic (exact) mass is 413 g/mol. The van der Waals surface area contributed by atoms with Gasteiger partial charge in [-0.2, -0.15) is 13.2 Å². The second-order valence-electron chi connectivity index (χ2n) is 6.10. The predicted octanol–water partition coefficient (Wildman–Crippen LogP) is 4.69. The van der Waals surface area contributed by atoms with E-state index in [0.717, 1.165) is 6.92 Å². The number of nitrogens with one attached hydrogen (secondary N) is 1. The molecule has 5 nitrogen and oxygen atoms in total. The van der Waals surface area contributed by atoms with Gasteiger partial charge in [0.1, 0.15) is 35.0 Å². The van der Waals surface area contributed by atoms with Crippen molar-refractivity contribution in [1.29, 1.82) is 0 Å². The van der Waals surface area contributed by atoms with Crippen LogP contribution in [0.1, 0.15) is 12.6 Å². The van der Waals surface area contributed by atoms with Crippen LogP contribution in [0, 0.1) is 24.4 Å². The summed E-state index contributed by atoms with van der Waals surface area (Å²) in [6, 6.07) is -1.26. The molecule has 0 saturated heterocycles. The number of aryl methyl sites for hydroxylation is 1. The number of halogens is 6. The Morgan fingerprint density at radius 2 is 1.62 bits per heavy atom. The highest BCUT2D eigenvalue weighted by molar-refractivity contribution is 5.79. The maximum atomic E-state index is 14.3. The second kappa shape index (κ2) is 7.64. The minimum atomic E-state index is -4.66. The van der Waals surface area contributed by atoms with Gasteiger partial charge in [0.05, 0.1) is 23.0 Å². The molecule has 0 fully saturated rings. The molecule has 29 heavy (non-hydrogen) atoms. The number of hydrogen-bond donors (Lipinski definition) is 1. The molecule has 0 saturated carbocycles. The summed E-state index contributed by atoms with van der Waals surface area (Å²) in [7, 11) is 0. The summed E-state index contributed by atoms with van der Waals surface area (Å²) in [6.07, 6.45) is -0.682. The summed E-state index contributed by atoms with van der Waals surface area (Å²) < 4.78 is 81.2. The highest BCUT2D eigenvalue weighted by Crippen LogP contribution is 2.36. The fourth-order valence-electron chi connectivity index (χ4n) is 2.57. The minimum Gasteiger partial charge on any atom is -0.358 e. The molecule has 3 aromatic rings. The quantitative estimate of drug-likeness (QED) is 0.629. The van der Waals surface area contributed by atoms with Crippen LogP contribution < -0.4 is 5.32 Å². The maximum absolute atomic E-state index is 14.3. The van der Waals surface area contributed by atoms with Crippen LogP contribution in [0.5, 0.6) is 0 Å². The van der Waals surface area contributed by atoms with E-state index in [9.17, 15) is 26.3 Å². The molecule has 2 aromatic heterocycles. The molecule has 152 valence electrons. The van der Waals surface area contributed by atoms with Crippen molar-refractivity contribution >= 4 is 5.82 Å². The van der Waals surface area contributed by atoms with Crippen LogP contribution in [0.4, 0.5) is 32.2 Å². The molecule has 2 heterocycles. The normalized spacial score (nSPS) is 12.7. The van der Waals surface area contributed by atoms with Gasteiger partial charge in [0.2, 0.25) is 0 Å². The summed E-state index contributed by atoms with van der Waals surface area (Å²) in [6.45, 7) is 2.16. The van der Waals surface area contributed by atoms with Crippen LogP contribution in [-0.4, -0.2) is 32.2 Å². The van der Waals surface area contributed by atoms with Gasteiger partial charge in [-0.1, -0.05) is 0 Å². The highest BCUT2D eigenvalue weighted by Gasteiger charge is 2.37. The molecule has 0 bridgehead atoms. The van der Waals surface area contributed by atoms with Crippen molar-refractivity contribution in [1.82, 2.24) is 19.9 Å². The van der Waals surface area contributed by atoms with Gasteiger partial charge in [-0.15, -0.1) is 0 Å². The molecule has 0 aliphatic carbocycles. The molecular weight excluding hydrogens is 400 g/mol. The standard InChI is InChI=1S/C18H13F6N5/c1-8-14(15-11(20)5-10(19)6-12(15)21)17(28-9(2)18(22,23)24)29-16(27-8)13-7-25-3-4-26-13/h3-7,9H,1-2H3,(H,27,28,29)/t9-/m0/s1. The molecule has 11 heteroatoms. The van der Waals surface area contributed by atoms with E-state index in [-0.39, 0.29) is 22.8 Å². The molecule has 0 amide bonds. The van der Waals surface area contributed by atoms with E-state index in [1.807, 2.05) is 0 Å². The van der Waals surface area contributed by atoms with Crippen molar-refractivity contribution in [3.8, 4) is 22.6 Å². The van der Waals surface area contributed by atoms with E-state index in [4.69, 9.17) is 0 Å². The molecule has 1 aromatic carbocycles. The van der Waals surface area contributed by atoms with E-state index in [0.29, 0.717) is 12.1 Å². The first-order chi connectivity index (χ1) is 13.6. The SMILES string of the molecule is Cc1nc(-c2cnccn2)nc(N[C@@H](C)C(F)(F)F)c1-c1c(F)cc(F)cc1F. The van der Waals surface area contributed by atoms with E-state index in [2.05, 4.69) is 25.3 Å². The van der Waals surface area contributed by atoms with Gasteiger partial charge in [-0.25, -0.2) is 28.1 Å². The zero-order chi connectivity index (χ0) is 21.3. The molecule has 1 atom stereocenters. The highest BCUT2D eigenvalue weighted by atomic mass is 19.4. The summed E-state index contributed by atoms with van der Waals surface area (Å²) in [5, 5.41) is 2.12. The van der Waals surface area contributed by atoms with Gasteiger partial charge in [-0.05, 0) is 13.8 Å². The third kappa shape index (κ3) is 4.28. The largest absolute Gasteiger partial charge is 0.408 e. The molecule has 0 aliphatic rings. The van der Waals surface area contributed by atoms with Crippen LogP contribution in [0.15, 0.2) is 30.7 Å². The fourth-order valence-corrected chi connectivity index (χ4v) is 2.57. The van der Waals surface area contributed by atoms with Gasteiger partial charge < -0.3 is 5.32 Å².